The second-order valence-electron chi connectivity index (χ2n) is 6.61. The average molecular weight is 404 g/mol. The molecule has 3 aromatic rings. The van der Waals surface area contributed by atoms with Crippen molar-refractivity contribution in [3.8, 4) is 0 Å². The van der Waals surface area contributed by atoms with E-state index in [9.17, 15) is 17.6 Å². The fourth-order valence-electron chi connectivity index (χ4n) is 3.40. The highest BCUT2D eigenvalue weighted by molar-refractivity contribution is 7.90. The van der Waals surface area contributed by atoms with Crippen LogP contribution in [-0.4, -0.2) is 42.9 Å². The third-order valence-corrected chi connectivity index (χ3v) is 6.33. The van der Waals surface area contributed by atoms with Crippen molar-refractivity contribution >= 4 is 27.0 Å². The maximum atomic E-state index is 13.3. The van der Waals surface area contributed by atoms with Crippen LogP contribution in [0.2, 0.25) is 0 Å². The Labute approximate surface area is 160 Å². The van der Waals surface area contributed by atoms with Crippen LogP contribution < -0.4 is 4.72 Å². The van der Waals surface area contributed by atoms with Crippen LogP contribution in [0.3, 0.4) is 0 Å². The Kier molecular flexibility index (Phi) is 4.60. The summed E-state index contributed by atoms with van der Waals surface area (Å²) < 4.78 is 46.5. The lowest BCUT2D eigenvalue weighted by Crippen LogP contribution is -2.49. The number of carbonyl (C=O) groups is 1. The van der Waals surface area contributed by atoms with E-state index in [1.54, 1.807) is 0 Å². The predicted molar refractivity (Wildman–Crippen MR) is 97.3 cm³/mol. The van der Waals surface area contributed by atoms with Gasteiger partial charge in [-0.1, -0.05) is 12.1 Å². The summed E-state index contributed by atoms with van der Waals surface area (Å²) >= 11 is 0. The molecule has 4 rings (SSSR count). The van der Waals surface area contributed by atoms with E-state index in [0.29, 0.717) is 42.7 Å². The number of amides is 1. The highest BCUT2D eigenvalue weighted by Crippen LogP contribution is 2.35. The Bertz CT molecular complexity index is 1120. The van der Waals surface area contributed by atoms with Gasteiger partial charge in [-0.25, -0.2) is 17.5 Å². The zero-order valence-corrected chi connectivity index (χ0v) is 15.5. The molecule has 1 aliphatic heterocycles. The van der Waals surface area contributed by atoms with Crippen LogP contribution in [0.1, 0.15) is 18.4 Å². The van der Waals surface area contributed by atoms with Crippen molar-refractivity contribution in [1.82, 2.24) is 20.1 Å². The maximum absolute atomic E-state index is 13.3. The molecule has 0 aliphatic carbocycles. The number of nitrogens with one attached hydrogen (secondary N) is 2. The van der Waals surface area contributed by atoms with Gasteiger partial charge in [-0.3, -0.25) is 4.79 Å². The third-order valence-electron chi connectivity index (χ3n) is 5.00. The van der Waals surface area contributed by atoms with Crippen LogP contribution in [0.25, 0.3) is 11.0 Å². The molecule has 1 aliphatic rings. The molecule has 0 atom stereocenters. The molecular formula is C18H17FN4O4S. The number of carbonyl (C=O) groups excluding carboxylic acids is 1. The minimum Gasteiger partial charge on any atom is -0.381 e. The number of H-pyrrole nitrogens is 1. The van der Waals surface area contributed by atoms with E-state index in [0.717, 1.165) is 0 Å². The molecule has 1 fully saturated rings. The van der Waals surface area contributed by atoms with Crippen molar-refractivity contribution in [3.05, 3.63) is 53.8 Å². The molecule has 0 radical (unpaired) electrons. The highest BCUT2D eigenvalue weighted by atomic mass is 32.2. The predicted octanol–water partition coefficient (Wildman–Crippen LogP) is 1.65. The molecule has 146 valence electrons. The van der Waals surface area contributed by atoms with Crippen molar-refractivity contribution in [1.29, 1.82) is 0 Å². The zero-order chi connectivity index (χ0) is 19.8. The van der Waals surface area contributed by atoms with Crippen LogP contribution in [0.5, 0.6) is 0 Å². The lowest BCUT2D eigenvalue weighted by molar-refractivity contribution is -0.128. The molecule has 1 amide bonds. The molecule has 8 nitrogen and oxygen atoms in total. The maximum Gasteiger partial charge on any atom is 0.264 e. The monoisotopic (exact) mass is 404 g/mol. The van der Waals surface area contributed by atoms with Crippen LogP contribution >= 0.6 is 0 Å². The van der Waals surface area contributed by atoms with Gasteiger partial charge in [-0.05, 0) is 48.7 Å². The number of ether oxygens (including phenoxy) is 1. The van der Waals surface area contributed by atoms with Crippen LogP contribution in [-0.2, 0) is 25.0 Å². The summed E-state index contributed by atoms with van der Waals surface area (Å²) in [6.45, 7) is 0.603. The number of sulfonamides is 1. The fourth-order valence-corrected chi connectivity index (χ4v) is 4.47. The zero-order valence-electron chi connectivity index (χ0n) is 14.7. The molecule has 2 heterocycles. The van der Waals surface area contributed by atoms with E-state index in [1.807, 2.05) is 0 Å². The average Bonchev–Trinajstić information content (AvgIpc) is 3.16. The van der Waals surface area contributed by atoms with E-state index in [1.165, 1.54) is 42.5 Å². The summed E-state index contributed by atoms with van der Waals surface area (Å²) in [5.41, 5.74) is 0.320. The van der Waals surface area contributed by atoms with Crippen molar-refractivity contribution in [2.24, 2.45) is 0 Å². The first-order valence-corrected chi connectivity index (χ1v) is 10.1. The first kappa shape index (κ1) is 18.5. The van der Waals surface area contributed by atoms with E-state index < -0.39 is 27.2 Å². The first-order valence-electron chi connectivity index (χ1n) is 8.62. The number of aromatic amines is 1. The second-order valence-corrected chi connectivity index (χ2v) is 8.29. The van der Waals surface area contributed by atoms with Crippen LogP contribution in [0.4, 0.5) is 4.39 Å². The Morgan fingerprint density at radius 1 is 1.07 bits per heavy atom. The molecule has 0 unspecified atom stereocenters. The van der Waals surface area contributed by atoms with Crippen molar-refractivity contribution in [3.63, 3.8) is 0 Å². The Morgan fingerprint density at radius 3 is 2.46 bits per heavy atom. The molecule has 0 bridgehead atoms. The number of benzene rings is 2. The number of rotatable bonds is 4. The van der Waals surface area contributed by atoms with Gasteiger partial charge in [0.2, 0.25) is 5.91 Å². The number of halogens is 1. The molecule has 28 heavy (non-hydrogen) atoms. The van der Waals surface area contributed by atoms with Gasteiger partial charge in [0.15, 0.2) is 0 Å². The molecule has 2 N–H and O–H groups in total. The van der Waals surface area contributed by atoms with E-state index in [2.05, 4.69) is 20.1 Å². The summed E-state index contributed by atoms with van der Waals surface area (Å²) in [6.07, 6.45) is 0.588. The number of hydrogen-bond donors (Lipinski definition) is 2. The molecule has 2 aromatic carbocycles. The number of fused-ring (bicyclic) bond motifs is 1. The Balaban J connectivity index is 1.67. The summed E-state index contributed by atoms with van der Waals surface area (Å²) in [5.74, 6) is -1.09. The highest BCUT2D eigenvalue weighted by Gasteiger charge is 2.43. The standard InChI is InChI=1S/C18H17FN4O4S/c19-13-3-1-12(2-4-13)18(7-9-27-10-8-18)17(24)22-28(25,26)14-5-6-15-16(11-14)21-23-20-15/h1-6,11H,7-10H2,(H,22,24)(H,20,21,23). The van der Waals surface area contributed by atoms with E-state index in [4.69, 9.17) is 4.74 Å². The molecule has 10 heteroatoms. The SMILES string of the molecule is O=C(NS(=O)(=O)c1ccc2n[nH]nc2c1)C1(c2ccc(F)cc2)CCOCC1. The van der Waals surface area contributed by atoms with Crippen molar-refractivity contribution in [2.45, 2.75) is 23.2 Å². The third kappa shape index (κ3) is 3.25. The second kappa shape index (κ2) is 6.95. The van der Waals surface area contributed by atoms with Gasteiger partial charge in [-0.15, -0.1) is 0 Å². The summed E-state index contributed by atoms with van der Waals surface area (Å²) in [4.78, 5) is 13.0. The summed E-state index contributed by atoms with van der Waals surface area (Å²) in [5, 5.41) is 10.2. The first-order chi connectivity index (χ1) is 13.4. The summed E-state index contributed by atoms with van der Waals surface area (Å²) in [7, 11) is -4.13. The van der Waals surface area contributed by atoms with Crippen molar-refractivity contribution < 1.29 is 22.3 Å². The lowest BCUT2D eigenvalue weighted by atomic mass is 9.73. The van der Waals surface area contributed by atoms with Gasteiger partial charge < -0.3 is 4.74 Å². The van der Waals surface area contributed by atoms with Gasteiger partial charge in [-0.2, -0.15) is 15.4 Å². The smallest absolute Gasteiger partial charge is 0.264 e. The normalized spacial score (nSPS) is 16.8. The van der Waals surface area contributed by atoms with E-state index in [-0.39, 0.29) is 4.90 Å². The molecule has 1 aromatic heterocycles. The van der Waals surface area contributed by atoms with E-state index >= 15 is 0 Å². The number of aromatic nitrogens is 3. The minimum absolute atomic E-state index is 0.0939. The van der Waals surface area contributed by atoms with Crippen LogP contribution in [0.15, 0.2) is 47.4 Å². The minimum atomic E-state index is -4.13. The molecule has 1 saturated heterocycles. The van der Waals surface area contributed by atoms with Crippen LogP contribution in [0, 0.1) is 5.82 Å². The van der Waals surface area contributed by atoms with Gasteiger partial charge in [0.25, 0.3) is 10.0 Å². The Morgan fingerprint density at radius 2 is 1.75 bits per heavy atom. The lowest BCUT2D eigenvalue weighted by Gasteiger charge is -2.36. The van der Waals surface area contributed by atoms with Gasteiger partial charge >= 0.3 is 0 Å². The van der Waals surface area contributed by atoms with Crippen molar-refractivity contribution in [2.75, 3.05) is 13.2 Å². The Hall–Kier alpha value is -2.85. The summed E-state index contributed by atoms with van der Waals surface area (Å²) in [6, 6.07) is 9.72. The topological polar surface area (TPSA) is 114 Å². The fraction of sp³-hybridized carbons (Fsp3) is 0.278. The molecule has 0 spiro atoms. The molecular weight excluding hydrogens is 387 g/mol. The quantitative estimate of drug-likeness (QED) is 0.683. The number of hydrogen-bond acceptors (Lipinski definition) is 6. The number of nitrogens with zero attached hydrogens (tertiary/aromatic N) is 2. The van der Waals surface area contributed by atoms with Gasteiger partial charge in [0.05, 0.1) is 10.3 Å². The van der Waals surface area contributed by atoms with Gasteiger partial charge in [0.1, 0.15) is 16.9 Å². The van der Waals surface area contributed by atoms with Gasteiger partial charge in [0, 0.05) is 13.2 Å². The molecule has 0 saturated carbocycles. The largest absolute Gasteiger partial charge is 0.381 e.